The average Bonchev–Trinajstić information content (AvgIpc) is 2.69. The predicted octanol–water partition coefficient (Wildman–Crippen LogP) is 5.87. The zero-order valence-corrected chi connectivity index (χ0v) is 19.0. The molecular formula is C24H23Cl2NO4. The summed E-state index contributed by atoms with van der Waals surface area (Å²) in [5, 5.41) is 10.6. The molecule has 0 spiro atoms. The van der Waals surface area contributed by atoms with Gasteiger partial charge in [-0.05, 0) is 41.7 Å². The minimum atomic E-state index is -0.421. The summed E-state index contributed by atoms with van der Waals surface area (Å²) >= 11 is 12.7. The summed E-state index contributed by atoms with van der Waals surface area (Å²) in [4.78, 5) is 28.3. The van der Waals surface area contributed by atoms with Crippen LogP contribution in [0, 0.1) is 5.41 Å². The lowest BCUT2D eigenvalue weighted by Crippen LogP contribution is -2.43. The maximum absolute atomic E-state index is 13.4. The molecular weight excluding hydrogens is 437 g/mol. The number of ether oxygens (including phenoxy) is 1. The molecule has 4 rings (SSSR count). The van der Waals surface area contributed by atoms with E-state index in [2.05, 4.69) is 0 Å². The first-order valence-electron chi connectivity index (χ1n) is 10.0. The number of carbonyl (C=O) groups excluding carboxylic acids is 2. The van der Waals surface area contributed by atoms with E-state index in [1.807, 2.05) is 13.8 Å². The first-order chi connectivity index (χ1) is 14.6. The number of carbonyl (C=O) groups is 2. The van der Waals surface area contributed by atoms with E-state index in [4.69, 9.17) is 27.9 Å². The van der Waals surface area contributed by atoms with Gasteiger partial charge in [0.05, 0.1) is 22.8 Å². The highest BCUT2D eigenvalue weighted by Crippen LogP contribution is 2.50. The van der Waals surface area contributed by atoms with Crippen molar-refractivity contribution in [2.75, 3.05) is 12.0 Å². The van der Waals surface area contributed by atoms with Gasteiger partial charge >= 0.3 is 0 Å². The number of rotatable bonds is 3. The van der Waals surface area contributed by atoms with Crippen molar-refractivity contribution in [3.8, 4) is 11.5 Å². The van der Waals surface area contributed by atoms with Gasteiger partial charge < -0.3 is 9.84 Å². The fraction of sp³-hybridized carbons (Fsp3) is 0.333. The quantitative estimate of drug-likeness (QED) is 0.622. The lowest BCUT2D eigenvalue weighted by Gasteiger charge is -2.43. The van der Waals surface area contributed by atoms with Crippen LogP contribution in [0.4, 0.5) is 5.69 Å². The van der Waals surface area contributed by atoms with Crippen LogP contribution < -0.4 is 9.64 Å². The lowest BCUT2D eigenvalue weighted by molar-refractivity contribution is -0.121. The maximum Gasteiger partial charge on any atom is 0.232 e. The number of methoxy groups -OCH3 is 1. The Morgan fingerprint density at radius 3 is 2.58 bits per heavy atom. The lowest BCUT2D eigenvalue weighted by atomic mass is 9.69. The molecule has 1 heterocycles. The molecule has 1 atom stereocenters. The van der Waals surface area contributed by atoms with Crippen LogP contribution in [-0.4, -0.2) is 23.9 Å². The van der Waals surface area contributed by atoms with Crippen molar-refractivity contribution < 1.29 is 19.4 Å². The summed E-state index contributed by atoms with van der Waals surface area (Å²) in [6, 6.07) is 10.1. The van der Waals surface area contributed by atoms with E-state index in [0.717, 1.165) is 5.56 Å². The molecule has 31 heavy (non-hydrogen) atoms. The monoisotopic (exact) mass is 459 g/mol. The van der Waals surface area contributed by atoms with Gasteiger partial charge in [-0.3, -0.25) is 14.5 Å². The van der Waals surface area contributed by atoms with Gasteiger partial charge in [0.2, 0.25) is 5.91 Å². The fourth-order valence-corrected chi connectivity index (χ4v) is 4.94. The zero-order valence-electron chi connectivity index (χ0n) is 17.5. The molecule has 0 bridgehead atoms. The number of ketones is 1. The Hall–Kier alpha value is -2.50. The van der Waals surface area contributed by atoms with Gasteiger partial charge in [-0.15, -0.1) is 0 Å². The van der Waals surface area contributed by atoms with Crippen molar-refractivity contribution in [2.24, 2.45) is 5.41 Å². The number of aromatic hydroxyl groups is 1. The van der Waals surface area contributed by atoms with Crippen LogP contribution in [0.25, 0.3) is 0 Å². The molecule has 1 amide bonds. The molecule has 2 aliphatic rings. The Labute approximate surface area is 191 Å². The Balaban J connectivity index is 1.93. The second-order valence-corrected chi connectivity index (χ2v) is 9.58. The largest absolute Gasteiger partial charge is 0.504 e. The number of hydrogen-bond donors (Lipinski definition) is 1. The van der Waals surface area contributed by atoms with Crippen LogP contribution in [0.5, 0.6) is 11.5 Å². The highest BCUT2D eigenvalue weighted by molar-refractivity contribution is 6.44. The van der Waals surface area contributed by atoms with Gasteiger partial charge in [-0.2, -0.15) is 0 Å². The number of hydrogen-bond acceptors (Lipinski definition) is 4. The minimum absolute atomic E-state index is 0.00558. The van der Waals surface area contributed by atoms with Crippen LogP contribution in [0.1, 0.15) is 44.6 Å². The number of anilines is 1. The van der Waals surface area contributed by atoms with Crippen LogP contribution in [-0.2, 0) is 9.59 Å². The average molecular weight is 460 g/mol. The summed E-state index contributed by atoms with van der Waals surface area (Å²) < 4.78 is 5.24. The number of Topliss-reactive ketones (excluding diaryl/α,β-unsaturated/α-hetero) is 1. The highest BCUT2D eigenvalue weighted by Gasteiger charge is 2.45. The standard InChI is InChI=1S/C24H23Cl2NO4/c1-24(2)11-17-22(19(29)12-24)14(13-7-8-18(28)20(9-13)31-3)10-21(30)27(17)16-6-4-5-15(25)23(16)26/h4-9,14,28H,10-12H2,1-3H3. The molecule has 7 heteroatoms. The van der Waals surface area contributed by atoms with E-state index in [1.165, 1.54) is 13.2 Å². The molecule has 2 aromatic carbocycles. The summed E-state index contributed by atoms with van der Waals surface area (Å²) in [5.74, 6) is -0.263. The van der Waals surface area contributed by atoms with Gasteiger partial charge in [0, 0.05) is 30.0 Å². The third-order valence-electron chi connectivity index (χ3n) is 5.92. The maximum atomic E-state index is 13.4. The van der Waals surface area contributed by atoms with Crippen LogP contribution >= 0.6 is 23.2 Å². The Morgan fingerprint density at radius 1 is 1.13 bits per heavy atom. The normalized spacial score (nSPS) is 20.7. The SMILES string of the molecule is COc1cc(C2CC(=O)N(c3cccc(Cl)c3Cl)C3=C2C(=O)CC(C)(C)C3)ccc1O. The Morgan fingerprint density at radius 2 is 1.87 bits per heavy atom. The molecule has 0 saturated heterocycles. The van der Waals surface area contributed by atoms with Crippen molar-refractivity contribution in [3.05, 3.63) is 63.3 Å². The van der Waals surface area contributed by atoms with Gasteiger partial charge in [-0.1, -0.05) is 49.2 Å². The molecule has 1 aliphatic carbocycles. The molecule has 1 N–H and O–H groups in total. The van der Waals surface area contributed by atoms with Crippen LogP contribution in [0.2, 0.25) is 10.0 Å². The molecule has 1 aliphatic heterocycles. The second-order valence-electron chi connectivity index (χ2n) is 8.79. The van der Waals surface area contributed by atoms with E-state index in [0.29, 0.717) is 40.6 Å². The van der Waals surface area contributed by atoms with E-state index in [-0.39, 0.29) is 34.3 Å². The number of amides is 1. The third-order valence-corrected chi connectivity index (χ3v) is 6.73. The zero-order chi connectivity index (χ0) is 22.5. The number of allylic oxidation sites excluding steroid dienone is 2. The molecule has 0 saturated carbocycles. The van der Waals surface area contributed by atoms with Crippen molar-refractivity contribution in [3.63, 3.8) is 0 Å². The van der Waals surface area contributed by atoms with E-state index < -0.39 is 5.92 Å². The Bertz CT molecular complexity index is 1120. The summed E-state index contributed by atoms with van der Waals surface area (Å²) in [5.41, 5.74) is 2.22. The van der Waals surface area contributed by atoms with Crippen LogP contribution in [0.15, 0.2) is 47.7 Å². The summed E-state index contributed by atoms with van der Waals surface area (Å²) in [6.45, 7) is 4.04. The summed E-state index contributed by atoms with van der Waals surface area (Å²) in [7, 11) is 1.46. The van der Waals surface area contributed by atoms with E-state index in [1.54, 1.807) is 35.2 Å². The fourth-order valence-electron chi connectivity index (χ4n) is 4.56. The van der Waals surface area contributed by atoms with Gasteiger partial charge in [0.1, 0.15) is 0 Å². The van der Waals surface area contributed by atoms with Crippen molar-refractivity contribution in [1.29, 1.82) is 0 Å². The summed E-state index contributed by atoms with van der Waals surface area (Å²) in [6.07, 6.45) is 1.04. The first kappa shape index (κ1) is 21.7. The van der Waals surface area contributed by atoms with Crippen molar-refractivity contribution in [2.45, 2.75) is 39.0 Å². The Kier molecular flexibility index (Phi) is 5.52. The number of halogens is 2. The van der Waals surface area contributed by atoms with Crippen molar-refractivity contribution >= 4 is 40.6 Å². The van der Waals surface area contributed by atoms with E-state index >= 15 is 0 Å². The topological polar surface area (TPSA) is 66.8 Å². The molecule has 0 radical (unpaired) electrons. The van der Waals surface area contributed by atoms with Crippen LogP contribution in [0.3, 0.4) is 0 Å². The first-order valence-corrected chi connectivity index (χ1v) is 10.8. The molecule has 1 unspecified atom stereocenters. The third kappa shape index (κ3) is 3.81. The molecule has 0 aromatic heterocycles. The number of phenolic OH excluding ortho intramolecular Hbond substituents is 1. The smallest absolute Gasteiger partial charge is 0.232 e. The number of benzene rings is 2. The van der Waals surface area contributed by atoms with Gasteiger partial charge in [0.25, 0.3) is 0 Å². The molecule has 162 valence electrons. The molecule has 0 fully saturated rings. The van der Waals surface area contributed by atoms with E-state index in [9.17, 15) is 14.7 Å². The van der Waals surface area contributed by atoms with Gasteiger partial charge in [-0.25, -0.2) is 0 Å². The van der Waals surface area contributed by atoms with Crippen molar-refractivity contribution in [1.82, 2.24) is 0 Å². The second kappa shape index (κ2) is 7.88. The van der Waals surface area contributed by atoms with Gasteiger partial charge in [0.15, 0.2) is 17.3 Å². The minimum Gasteiger partial charge on any atom is -0.504 e. The molecule has 5 nitrogen and oxygen atoms in total. The molecule has 2 aromatic rings. The number of nitrogens with zero attached hydrogens (tertiary/aromatic N) is 1. The predicted molar refractivity (Wildman–Crippen MR) is 121 cm³/mol. The highest BCUT2D eigenvalue weighted by atomic mass is 35.5. The number of phenols is 1.